The van der Waals surface area contributed by atoms with Gasteiger partial charge in [-0.1, -0.05) is 56.3 Å². The summed E-state index contributed by atoms with van der Waals surface area (Å²) in [7, 11) is 0. The van der Waals surface area contributed by atoms with Gasteiger partial charge in [0.15, 0.2) is 5.82 Å². The van der Waals surface area contributed by atoms with Gasteiger partial charge < -0.3 is 9.72 Å². The Labute approximate surface area is 224 Å². The van der Waals surface area contributed by atoms with Gasteiger partial charge in [-0.3, -0.25) is 9.69 Å². The summed E-state index contributed by atoms with van der Waals surface area (Å²) in [6.07, 6.45) is 3.09. The van der Waals surface area contributed by atoms with Crippen LogP contribution in [0.3, 0.4) is 0 Å². The lowest BCUT2D eigenvalue weighted by molar-refractivity contribution is 0.0864. The zero-order valence-electron chi connectivity index (χ0n) is 22.9. The molecule has 1 aliphatic rings. The normalized spacial score (nSPS) is 16.6. The summed E-state index contributed by atoms with van der Waals surface area (Å²) >= 11 is 0. The highest BCUT2D eigenvalue weighted by Gasteiger charge is 2.31. The summed E-state index contributed by atoms with van der Waals surface area (Å²) in [5.74, 6) is 1.05. The van der Waals surface area contributed by atoms with Crippen LogP contribution in [0.4, 0.5) is 0 Å². The highest BCUT2D eigenvalue weighted by molar-refractivity contribution is 5.85. The Morgan fingerprint density at radius 3 is 2.66 bits per heavy atom. The predicted octanol–water partition coefficient (Wildman–Crippen LogP) is 4.75. The topological polar surface area (TPSA) is 88.9 Å². The van der Waals surface area contributed by atoms with E-state index in [0.717, 1.165) is 65.8 Å². The van der Waals surface area contributed by atoms with Crippen molar-refractivity contribution < 1.29 is 4.74 Å². The van der Waals surface area contributed by atoms with E-state index in [1.165, 1.54) is 5.56 Å². The van der Waals surface area contributed by atoms with Crippen molar-refractivity contribution in [1.29, 1.82) is 0 Å². The second-order valence-electron chi connectivity index (χ2n) is 10.9. The SMILES string of the molecule is Cc1ccc(C)c2[nH]c(=O)c(CN(CCc3ccccc3)C(c3nnnn3CC3CCCO3)C(C)C)cc12. The average Bonchev–Trinajstić information content (AvgIpc) is 3.59. The van der Waals surface area contributed by atoms with Gasteiger partial charge in [0.25, 0.3) is 5.56 Å². The van der Waals surface area contributed by atoms with Crippen molar-refractivity contribution in [3.8, 4) is 0 Å². The van der Waals surface area contributed by atoms with Crippen molar-refractivity contribution in [2.24, 2.45) is 5.92 Å². The van der Waals surface area contributed by atoms with Crippen molar-refractivity contribution >= 4 is 10.9 Å². The molecule has 0 amide bonds. The van der Waals surface area contributed by atoms with E-state index in [1.54, 1.807) is 0 Å². The first-order chi connectivity index (χ1) is 18.4. The molecular weight excluding hydrogens is 476 g/mol. The van der Waals surface area contributed by atoms with Crippen molar-refractivity contribution in [3.05, 3.63) is 87.0 Å². The largest absolute Gasteiger partial charge is 0.376 e. The van der Waals surface area contributed by atoms with Gasteiger partial charge in [-0.25, -0.2) is 4.68 Å². The van der Waals surface area contributed by atoms with Gasteiger partial charge in [0.1, 0.15) is 0 Å². The Balaban J connectivity index is 1.51. The lowest BCUT2D eigenvalue weighted by atomic mass is 9.98. The number of tetrazole rings is 1. The number of aromatic nitrogens is 5. The lowest BCUT2D eigenvalue weighted by Gasteiger charge is -2.33. The Morgan fingerprint density at radius 1 is 1.13 bits per heavy atom. The highest BCUT2D eigenvalue weighted by atomic mass is 16.5. The molecule has 2 unspecified atom stereocenters. The van der Waals surface area contributed by atoms with Crippen LogP contribution >= 0.6 is 0 Å². The van der Waals surface area contributed by atoms with E-state index in [-0.39, 0.29) is 23.6 Å². The standard InChI is InChI=1S/C30H38N6O2/c1-20(2)28(29-32-33-34-36(29)19-25-11-8-16-38-25)35(15-14-23-9-6-5-7-10-23)18-24-17-26-21(3)12-13-22(4)27(26)31-30(24)37/h5-7,9-10,12-13,17,20,25,28H,8,11,14-16,18-19H2,1-4H3,(H,31,37). The summed E-state index contributed by atoms with van der Waals surface area (Å²) in [5, 5.41) is 14.0. The average molecular weight is 515 g/mol. The zero-order valence-corrected chi connectivity index (χ0v) is 22.9. The Morgan fingerprint density at radius 2 is 1.92 bits per heavy atom. The predicted molar refractivity (Wildman–Crippen MR) is 149 cm³/mol. The van der Waals surface area contributed by atoms with Gasteiger partial charge in [0.05, 0.1) is 24.2 Å². The minimum Gasteiger partial charge on any atom is -0.376 e. The Kier molecular flexibility index (Phi) is 8.00. The second kappa shape index (κ2) is 11.6. The highest BCUT2D eigenvalue weighted by Crippen LogP contribution is 2.30. The van der Waals surface area contributed by atoms with Gasteiger partial charge >= 0.3 is 0 Å². The first-order valence-electron chi connectivity index (χ1n) is 13.7. The fourth-order valence-electron chi connectivity index (χ4n) is 5.61. The summed E-state index contributed by atoms with van der Waals surface area (Å²) in [4.78, 5) is 18.9. The number of fused-ring (bicyclic) bond motifs is 1. The number of hydrogen-bond donors (Lipinski definition) is 1. The van der Waals surface area contributed by atoms with Crippen LogP contribution in [-0.2, 0) is 24.2 Å². The third-order valence-corrected chi connectivity index (χ3v) is 7.67. The van der Waals surface area contributed by atoms with E-state index in [4.69, 9.17) is 4.74 Å². The maximum Gasteiger partial charge on any atom is 0.252 e. The number of rotatable bonds is 10. The lowest BCUT2D eigenvalue weighted by Crippen LogP contribution is -2.37. The number of H-pyrrole nitrogens is 1. The van der Waals surface area contributed by atoms with Crippen LogP contribution in [0, 0.1) is 19.8 Å². The fraction of sp³-hybridized carbons (Fsp3) is 0.467. The molecule has 1 N–H and O–H groups in total. The van der Waals surface area contributed by atoms with Crippen LogP contribution < -0.4 is 5.56 Å². The van der Waals surface area contributed by atoms with Gasteiger partial charge in [0, 0.05) is 30.6 Å². The van der Waals surface area contributed by atoms with E-state index in [1.807, 2.05) is 17.7 Å². The molecular formula is C30H38N6O2. The molecule has 0 saturated carbocycles. The zero-order chi connectivity index (χ0) is 26.6. The Hall–Kier alpha value is -3.36. The number of ether oxygens (including phenoxy) is 1. The van der Waals surface area contributed by atoms with E-state index < -0.39 is 0 Å². The number of hydrogen-bond acceptors (Lipinski definition) is 6. The van der Waals surface area contributed by atoms with Crippen LogP contribution in [0.1, 0.15) is 60.8 Å². The van der Waals surface area contributed by atoms with Crippen LogP contribution in [0.25, 0.3) is 10.9 Å². The smallest absolute Gasteiger partial charge is 0.252 e. The molecule has 200 valence electrons. The van der Waals surface area contributed by atoms with Crippen molar-refractivity contribution in [1.82, 2.24) is 30.1 Å². The molecule has 1 saturated heterocycles. The number of nitrogens with one attached hydrogen (secondary N) is 1. The van der Waals surface area contributed by atoms with Gasteiger partial charge in [-0.05, 0) is 72.2 Å². The molecule has 2 aromatic heterocycles. The van der Waals surface area contributed by atoms with Gasteiger partial charge in [-0.15, -0.1) is 5.10 Å². The van der Waals surface area contributed by atoms with Gasteiger partial charge in [-0.2, -0.15) is 0 Å². The summed E-state index contributed by atoms with van der Waals surface area (Å²) in [5.41, 5.74) is 5.11. The first kappa shape index (κ1) is 26.3. The molecule has 3 heterocycles. The summed E-state index contributed by atoms with van der Waals surface area (Å²) < 4.78 is 7.80. The molecule has 8 nitrogen and oxygen atoms in total. The van der Waals surface area contributed by atoms with E-state index in [0.29, 0.717) is 13.1 Å². The molecule has 8 heteroatoms. The van der Waals surface area contributed by atoms with Crippen molar-refractivity contribution in [2.75, 3.05) is 13.2 Å². The molecule has 0 spiro atoms. The van der Waals surface area contributed by atoms with Crippen LogP contribution in [0.15, 0.2) is 53.3 Å². The molecule has 0 radical (unpaired) electrons. The van der Waals surface area contributed by atoms with Crippen LogP contribution in [0.2, 0.25) is 0 Å². The van der Waals surface area contributed by atoms with Crippen molar-refractivity contribution in [3.63, 3.8) is 0 Å². The molecule has 1 aliphatic heterocycles. The van der Waals surface area contributed by atoms with Crippen LogP contribution in [0.5, 0.6) is 0 Å². The van der Waals surface area contributed by atoms with Crippen molar-refractivity contribution in [2.45, 2.75) is 72.2 Å². The molecule has 0 aliphatic carbocycles. The molecule has 4 aromatic rings. The summed E-state index contributed by atoms with van der Waals surface area (Å²) in [6, 6.07) is 16.7. The molecule has 1 fully saturated rings. The molecule has 38 heavy (non-hydrogen) atoms. The quantitative estimate of drug-likeness (QED) is 0.328. The van der Waals surface area contributed by atoms with Gasteiger partial charge in [0.2, 0.25) is 0 Å². The minimum absolute atomic E-state index is 0.0441. The fourth-order valence-corrected chi connectivity index (χ4v) is 5.61. The number of benzene rings is 2. The number of aromatic amines is 1. The Bertz CT molecular complexity index is 1420. The van der Waals surface area contributed by atoms with Crippen LogP contribution in [-0.4, -0.2) is 49.3 Å². The third kappa shape index (κ3) is 5.71. The number of aryl methyl sites for hydroxylation is 2. The number of nitrogens with zero attached hydrogens (tertiary/aromatic N) is 5. The first-order valence-corrected chi connectivity index (χ1v) is 13.7. The minimum atomic E-state index is -0.0659. The molecule has 0 bridgehead atoms. The molecule has 2 atom stereocenters. The number of pyridine rings is 1. The second-order valence-corrected chi connectivity index (χ2v) is 10.9. The third-order valence-electron chi connectivity index (χ3n) is 7.67. The van der Waals surface area contributed by atoms with E-state index in [2.05, 4.69) is 88.6 Å². The monoisotopic (exact) mass is 514 g/mol. The maximum absolute atomic E-state index is 13.3. The summed E-state index contributed by atoms with van der Waals surface area (Å²) in [6.45, 7) is 11.2. The van der Waals surface area contributed by atoms with E-state index in [9.17, 15) is 4.79 Å². The maximum atomic E-state index is 13.3. The molecule has 5 rings (SSSR count). The molecule has 2 aromatic carbocycles. The van der Waals surface area contributed by atoms with E-state index >= 15 is 0 Å².